The number of halogens is 6. The molecule has 0 saturated carbocycles. The molecule has 2 nitrogen and oxygen atoms in total. The van der Waals surface area contributed by atoms with Crippen LogP contribution in [0.5, 0.6) is 0 Å². The maximum Gasteiger partial charge on any atom is 0.416 e. The Morgan fingerprint density at radius 1 is 1.22 bits per heavy atom. The van der Waals surface area contributed by atoms with Crippen molar-refractivity contribution in [3.8, 4) is 0 Å². The van der Waals surface area contributed by atoms with Gasteiger partial charge in [0, 0.05) is 0 Å². The summed E-state index contributed by atoms with van der Waals surface area (Å²) < 4.78 is 39.9. The molecule has 0 aliphatic rings. The van der Waals surface area contributed by atoms with Gasteiger partial charge in [-0.1, -0.05) is 40.9 Å². The minimum absolute atomic E-state index is 0.265. The summed E-state index contributed by atoms with van der Waals surface area (Å²) in [6.07, 6.45) is -4.54. The second-order valence-electron chi connectivity index (χ2n) is 3.27. The number of alkyl halides is 6. The van der Waals surface area contributed by atoms with Gasteiger partial charge in [-0.2, -0.15) is 13.2 Å². The normalized spacial score (nSPS) is 12.3. The van der Waals surface area contributed by atoms with Crippen LogP contribution in [-0.2, 0) is 10.9 Å². The van der Waals surface area contributed by atoms with Crippen molar-refractivity contribution in [3.63, 3.8) is 0 Å². The molecule has 100 valence electrons. The third-order valence-electron chi connectivity index (χ3n) is 1.79. The second-order valence-corrected chi connectivity index (χ2v) is 5.79. The number of benzene rings is 1. The van der Waals surface area contributed by atoms with Gasteiger partial charge in [-0.05, 0) is 18.2 Å². The van der Waals surface area contributed by atoms with Crippen LogP contribution in [-0.4, -0.2) is 16.4 Å². The van der Waals surface area contributed by atoms with Crippen molar-refractivity contribution in [2.75, 3.05) is 6.61 Å². The predicted molar refractivity (Wildman–Crippen MR) is 62.0 cm³/mol. The molecule has 0 saturated heterocycles. The fraction of sp³-hybridized carbons (Fsp3) is 0.300. The average molecular weight is 322 g/mol. The summed E-state index contributed by atoms with van der Waals surface area (Å²) in [6, 6.07) is 3.77. The van der Waals surface area contributed by atoms with Crippen LogP contribution in [0.25, 0.3) is 0 Å². The van der Waals surface area contributed by atoms with Crippen molar-refractivity contribution in [1.29, 1.82) is 0 Å². The molecule has 1 rings (SSSR count). The molecule has 0 fully saturated rings. The molecule has 0 aliphatic carbocycles. The van der Waals surface area contributed by atoms with Gasteiger partial charge < -0.3 is 4.74 Å². The van der Waals surface area contributed by atoms with Crippen LogP contribution in [0, 0.1) is 0 Å². The van der Waals surface area contributed by atoms with E-state index in [0.29, 0.717) is 6.07 Å². The van der Waals surface area contributed by atoms with E-state index in [0.717, 1.165) is 12.1 Å². The number of hydrogen-bond donors (Lipinski definition) is 0. The van der Waals surface area contributed by atoms with Gasteiger partial charge in [-0.25, -0.2) is 4.79 Å². The molecule has 0 unspecified atom stereocenters. The van der Waals surface area contributed by atoms with E-state index in [1.54, 1.807) is 0 Å². The molecular formula is C10H6Cl3F3O2. The summed E-state index contributed by atoms with van der Waals surface area (Å²) in [5.74, 6) is -0.993. The maximum absolute atomic E-state index is 12.4. The van der Waals surface area contributed by atoms with Gasteiger partial charge in [0.25, 0.3) is 0 Å². The third-order valence-corrected chi connectivity index (χ3v) is 2.12. The van der Waals surface area contributed by atoms with Gasteiger partial charge in [0.05, 0.1) is 11.1 Å². The summed E-state index contributed by atoms with van der Waals surface area (Å²) >= 11 is 16.0. The van der Waals surface area contributed by atoms with Crippen molar-refractivity contribution in [2.45, 2.75) is 9.97 Å². The van der Waals surface area contributed by atoms with E-state index < -0.39 is 28.1 Å². The van der Waals surface area contributed by atoms with Gasteiger partial charge in [0.15, 0.2) is 0 Å². The fourth-order valence-electron chi connectivity index (χ4n) is 1.05. The molecule has 18 heavy (non-hydrogen) atoms. The Morgan fingerprint density at radius 3 is 2.33 bits per heavy atom. The molecule has 0 heterocycles. The Hall–Kier alpha value is -0.650. The Labute approximate surface area is 116 Å². The first-order valence-electron chi connectivity index (χ1n) is 4.51. The lowest BCUT2D eigenvalue weighted by atomic mass is 10.1. The molecule has 0 bridgehead atoms. The first-order chi connectivity index (χ1) is 8.09. The van der Waals surface area contributed by atoms with E-state index in [4.69, 9.17) is 34.8 Å². The summed E-state index contributed by atoms with van der Waals surface area (Å²) in [6.45, 7) is -0.549. The molecule has 0 radical (unpaired) electrons. The molecule has 0 aliphatic heterocycles. The zero-order valence-corrected chi connectivity index (χ0v) is 10.9. The summed E-state index contributed by atoms with van der Waals surface area (Å²) in [5, 5.41) is 0. The van der Waals surface area contributed by atoms with E-state index in [-0.39, 0.29) is 5.56 Å². The number of rotatable bonds is 2. The van der Waals surface area contributed by atoms with Crippen LogP contribution in [0.4, 0.5) is 13.2 Å². The van der Waals surface area contributed by atoms with Crippen LogP contribution in [0.3, 0.4) is 0 Å². The van der Waals surface area contributed by atoms with E-state index >= 15 is 0 Å². The molecule has 0 atom stereocenters. The Kier molecular flexibility index (Phi) is 4.75. The minimum Gasteiger partial charge on any atom is -0.458 e. The van der Waals surface area contributed by atoms with Gasteiger partial charge in [-0.3, -0.25) is 0 Å². The monoisotopic (exact) mass is 320 g/mol. The largest absolute Gasteiger partial charge is 0.458 e. The van der Waals surface area contributed by atoms with Crippen LogP contribution >= 0.6 is 34.8 Å². The standard InChI is InChI=1S/C10H6Cl3F3O2/c11-9(12,13)5-18-8(17)6-2-1-3-7(4-6)10(14,15)16/h1-4H,5H2. The molecular weight excluding hydrogens is 315 g/mol. The average Bonchev–Trinajstić information content (AvgIpc) is 2.24. The van der Waals surface area contributed by atoms with E-state index in [1.165, 1.54) is 6.07 Å². The van der Waals surface area contributed by atoms with Gasteiger partial charge in [0.2, 0.25) is 3.79 Å². The summed E-state index contributed by atoms with van der Waals surface area (Å²) in [7, 11) is 0. The number of carbonyl (C=O) groups excluding carboxylic acids is 1. The second kappa shape index (κ2) is 5.55. The third kappa shape index (κ3) is 4.92. The molecule has 0 N–H and O–H groups in total. The van der Waals surface area contributed by atoms with Crippen molar-refractivity contribution in [3.05, 3.63) is 35.4 Å². The highest BCUT2D eigenvalue weighted by molar-refractivity contribution is 6.67. The highest BCUT2D eigenvalue weighted by Crippen LogP contribution is 2.30. The molecule has 0 aromatic heterocycles. The first-order valence-corrected chi connectivity index (χ1v) is 5.64. The van der Waals surface area contributed by atoms with Crippen LogP contribution in [0.2, 0.25) is 0 Å². The van der Waals surface area contributed by atoms with Crippen molar-refractivity contribution in [1.82, 2.24) is 0 Å². The lowest BCUT2D eigenvalue weighted by molar-refractivity contribution is -0.137. The number of carbonyl (C=O) groups is 1. The van der Waals surface area contributed by atoms with Gasteiger partial charge >= 0.3 is 12.1 Å². The topological polar surface area (TPSA) is 26.3 Å². The molecule has 0 spiro atoms. The summed E-state index contributed by atoms with van der Waals surface area (Å²) in [4.78, 5) is 11.4. The Balaban J connectivity index is 2.81. The summed E-state index contributed by atoms with van der Waals surface area (Å²) in [5.41, 5.74) is -1.22. The van der Waals surface area contributed by atoms with Crippen molar-refractivity contribution in [2.24, 2.45) is 0 Å². The highest BCUT2D eigenvalue weighted by atomic mass is 35.6. The van der Waals surface area contributed by atoms with E-state index in [2.05, 4.69) is 4.74 Å². The minimum atomic E-state index is -4.54. The number of esters is 1. The van der Waals surface area contributed by atoms with Crippen molar-refractivity contribution >= 4 is 40.8 Å². The lowest BCUT2D eigenvalue weighted by Gasteiger charge is -2.12. The quantitative estimate of drug-likeness (QED) is 0.602. The zero-order valence-electron chi connectivity index (χ0n) is 8.60. The first kappa shape index (κ1) is 15.4. The number of hydrogen-bond acceptors (Lipinski definition) is 2. The lowest BCUT2D eigenvalue weighted by Crippen LogP contribution is -2.17. The molecule has 1 aromatic rings. The van der Waals surface area contributed by atoms with Gasteiger partial charge in [0.1, 0.15) is 6.61 Å². The van der Waals surface area contributed by atoms with Gasteiger partial charge in [-0.15, -0.1) is 0 Å². The Bertz CT molecular complexity index is 441. The van der Waals surface area contributed by atoms with Crippen LogP contribution in [0.1, 0.15) is 15.9 Å². The SMILES string of the molecule is O=C(OCC(Cl)(Cl)Cl)c1cccc(C(F)(F)F)c1. The van der Waals surface area contributed by atoms with Crippen molar-refractivity contribution < 1.29 is 22.7 Å². The maximum atomic E-state index is 12.4. The highest BCUT2D eigenvalue weighted by Gasteiger charge is 2.31. The molecule has 0 amide bonds. The van der Waals surface area contributed by atoms with E-state index in [1.807, 2.05) is 0 Å². The molecule has 8 heteroatoms. The zero-order chi connectivity index (χ0) is 14.0. The Morgan fingerprint density at radius 2 is 1.83 bits per heavy atom. The van der Waals surface area contributed by atoms with E-state index in [9.17, 15) is 18.0 Å². The van der Waals surface area contributed by atoms with Crippen LogP contribution in [0.15, 0.2) is 24.3 Å². The number of ether oxygens (including phenoxy) is 1. The van der Waals surface area contributed by atoms with Crippen LogP contribution < -0.4 is 0 Å². The predicted octanol–water partition coefficient (Wildman–Crippen LogP) is 4.23. The fourth-order valence-corrected chi connectivity index (χ4v) is 1.22. The smallest absolute Gasteiger partial charge is 0.416 e. The molecule has 1 aromatic carbocycles.